The first-order valence-electron chi connectivity index (χ1n) is 6.19. The predicted molar refractivity (Wildman–Crippen MR) is 77.9 cm³/mol. The first-order chi connectivity index (χ1) is 9.04. The van der Waals surface area contributed by atoms with Gasteiger partial charge in [0.05, 0.1) is 24.0 Å². The van der Waals surface area contributed by atoms with Crippen LogP contribution in [0.1, 0.15) is 30.5 Å². The Bertz CT molecular complexity index is 620. The summed E-state index contributed by atoms with van der Waals surface area (Å²) in [7, 11) is -3.54. The van der Waals surface area contributed by atoms with Gasteiger partial charge < -0.3 is 4.74 Å². The van der Waals surface area contributed by atoms with Crippen molar-refractivity contribution in [2.45, 2.75) is 27.7 Å². The zero-order chi connectivity index (χ0) is 15.6. The molecule has 1 aromatic rings. The zero-order valence-corrected chi connectivity index (χ0v) is 13.0. The van der Waals surface area contributed by atoms with Crippen molar-refractivity contribution in [1.82, 2.24) is 0 Å². The van der Waals surface area contributed by atoms with Crippen molar-refractivity contribution in [3.8, 4) is 11.8 Å². The summed E-state index contributed by atoms with van der Waals surface area (Å²) in [5.41, 5.74) is 1.71. The fraction of sp³-hybridized carbons (Fsp3) is 0.500. The first kappa shape index (κ1) is 16.5. The fourth-order valence-electron chi connectivity index (χ4n) is 2.10. The maximum Gasteiger partial charge on any atom is 0.209 e. The summed E-state index contributed by atoms with van der Waals surface area (Å²) in [5.74, 6) is 0.542. The van der Waals surface area contributed by atoms with Gasteiger partial charge in [-0.05, 0) is 37.1 Å². The van der Waals surface area contributed by atoms with Crippen molar-refractivity contribution in [2.75, 3.05) is 12.4 Å². The van der Waals surface area contributed by atoms with Gasteiger partial charge in [0, 0.05) is 5.41 Å². The lowest BCUT2D eigenvalue weighted by molar-refractivity contribution is 0.198. The van der Waals surface area contributed by atoms with Crippen LogP contribution in [0.2, 0.25) is 0 Å². The van der Waals surface area contributed by atoms with Gasteiger partial charge >= 0.3 is 0 Å². The molecule has 1 aromatic carbocycles. The van der Waals surface area contributed by atoms with E-state index in [1.165, 1.54) is 0 Å². The standard InChI is InChI=1S/C14H20N2O3S/c1-10-5-12(7-15)6-11(2)13(10)19-8-14(3,4)9-20(16,17)18/h5-6H,8-9H2,1-4H3,(H2,16,17,18). The van der Waals surface area contributed by atoms with Gasteiger partial charge in [0.2, 0.25) is 10.0 Å². The van der Waals surface area contributed by atoms with Crippen LogP contribution in [0, 0.1) is 30.6 Å². The maximum absolute atomic E-state index is 11.2. The Kier molecular flexibility index (Phi) is 4.79. The number of hydrogen-bond acceptors (Lipinski definition) is 4. The third-order valence-corrected chi connectivity index (χ3v) is 3.97. The number of nitrogens with zero attached hydrogens (tertiary/aromatic N) is 1. The van der Waals surface area contributed by atoms with Crippen molar-refractivity contribution >= 4 is 10.0 Å². The largest absolute Gasteiger partial charge is 0.492 e. The van der Waals surface area contributed by atoms with Crippen LogP contribution in [-0.2, 0) is 10.0 Å². The molecule has 5 nitrogen and oxygen atoms in total. The van der Waals surface area contributed by atoms with E-state index in [2.05, 4.69) is 6.07 Å². The molecular weight excluding hydrogens is 276 g/mol. The Labute approximate surface area is 120 Å². The van der Waals surface area contributed by atoms with E-state index in [9.17, 15) is 8.42 Å². The molecular formula is C14H20N2O3S. The molecule has 0 atom stereocenters. The molecule has 110 valence electrons. The van der Waals surface area contributed by atoms with E-state index in [0.717, 1.165) is 11.1 Å². The number of primary sulfonamides is 1. The maximum atomic E-state index is 11.2. The highest BCUT2D eigenvalue weighted by Gasteiger charge is 2.25. The molecule has 0 spiro atoms. The number of sulfonamides is 1. The van der Waals surface area contributed by atoms with E-state index in [4.69, 9.17) is 15.1 Å². The number of ether oxygens (including phenoxy) is 1. The molecule has 20 heavy (non-hydrogen) atoms. The molecule has 1 rings (SSSR count). The SMILES string of the molecule is Cc1cc(C#N)cc(C)c1OCC(C)(C)CS(N)(=O)=O. The van der Waals surface area contributed by atoms with Gasteiger partial charge in [-0.25, -0.2) is 13.6 Å². The van der Waals surface area contributed by atoms with Crippen molar-refractivity contribution in [2.24, 2.45) is 10.6 Å². The normalized spacial score (nSPS) is 12.0. The van der Waals surface area contributed by atoms with Gasteiger partial charge in [-0.15, -0.1) is 0 Å². The molecule has 0 aliphatic carbocycles. The number of aryl methyl sites for hydroxylation is 2. The summed E-state index contributed by atoms with van der Waals surface area (Å²) in [6, 6.07) is 5.58. The number of rotatable bonds is 5. The Morgan fingerprint density at radius 3 is 2.20 bits per heavy atom. The molecule has 0 saturated heterocycles. The van der Waals surface area contributed by atoms with E-state index in [1.54, 1.807) is 26.0 Å². The monoisotopic (exact) mass is 296 g/mol. The summed E-state index contributed by atoms with van der Waals surface area (Å²) >= 11 is 0. The summed E-state index contributed by atoms with van der Waals surface area (Å²) in [6.07, 6.45) is 0. The highest BCUT2D eigenvalue weighted by molar-refractivity contribution is 7.89. The van der Waals surface area contributed by atoms with Gasteiger partial charge in [-0.2, -0.15) is 5.26 Å². The summed E-state index contributed by atoms with van der Waals surface area (Å²) in [5, 5.41) is 14.0. The van der Waals surface area contributed by atoms with E-state index < -0.39 is 15.4 Å². The van der Waals surface area contributed by atoms with Gasteiger partial charge in [-0.3, -0.25) is 0 Å². The quantitative estimate of drug-likeness (QED) is 0.897. The first-order valence-corrected chi connectivity index (χ1v) is 7.90. The predicted octanol–water partition coefficient (Wildman–Crippen LogP) is 1.87. The van der Waals surface area contributed by atoms with Crippen LogP contribution in [0.5, 0.6) is 5.75 Å². The average molecular weight is 296 g/mol. The van der Waals surface area contributed by atoms with Gasteiger partial charge in [-0.1, -0.05) is 13.8 Å². The minimum Gasteiger partial charge on any atom is -0.492 e. The van der Waals surface area contributed by atoms with Crippen LogP contribution in [0.3, 0.4) is 0 Å². The molecule has 6 heteroatoms. The lowest BCUT2D eigenvalue weighted by atomic mass is 9.98. The average Bonchev–Trinajstić information content (AvgIpc) is 2.23. The van der Waals surface area contributed by atoms with Gasteiger partial charge in [0.1, 0.15) is 5.75 Å². The van der Waals surface area contributed by atoms with Gasteiger partial charge in [0.25, 0.3) is 0 Å². The summed E-state index contributed by atoms with van der Waals surface area (Å²) in [6.45, 7) is 7.51. The zero-order valence-electron chi connectivity index (χ0n) is 12.2. The lowest BCUT2D eigenvalue weighted by Crippen LogP contribution is -2.33. The van der Waals surface area contributed by atoms with Crippen LogP contribution in [-0.4, -0.2) is 20.8 Å². The molecule has 0 aromatic heterocycles. The Hall–Kier alpha value is -1.58. The molecule has 0 aliphatic rings. The highest BCUT2D eigenvalue weighted by Crippen LogP contribution is 2.27. The summed E-state index contributed by atoms with van der Waals surface area (Å²) < 4.78 is 28.1. The Balaban J connectivity index is 2.88. The number of hydrogen-bond donors (Lipinski definition) is 1. The van der Waals surface area contributed by atoms with Crippen molar-refractivity contribution in [1.29, 1.82) is 5.26 Å². The number of nitriles is 1. The van der Waals surface area contributed by atoms with Crippen molar-refractivity contribution in [3.63, 3.8) is 0 Å². The minimum absolute atomic E-state index is 0.144. The van der Waals surface area contributed by atoms with Crippen LogP contribution in [0.15, 0.2) is 12.1 Å². The smallest absolute Gasteiger partial charge is 0.209 e. The second-order valence-electron chi connectivity index (χ2n) is 5.81. The summed E-state index contributed by atoms with van der Waals surface area (Å²) in [4.78, 5) is 0. The van der Waals surface area contributed by atoms with Crippen molar-refractivity contribution in [3.05, 3.63) is 28.8 Å². The Morgan fingerprint density at radius 2 is 1.80 bits per heavy atom. The molecule has 2 N–H and O–H groups in total. The van der Waals surface area contributed by atoms with Crippen molar-refractivity contribution < 1.29 is 13.2 Å². The lowest BCUT2D eigenvalue weighted by Gasteiger charge is -2.24. The third kappa shape index (κ3) is 4.83. The van der Waals surface area contributed by atoms with Gasteiger partial charge in [0.15, 0.2) is 0 Å². The fourth-order valence-corrected chi connectivity index (χ4v) is 3.27. The van der Waals surface area contributed by atoms with E-state index in [0.29, 0.717) is 11.3 Å². The number of nitrogens with two attached hydrogens (primary N) is 1. The minimum atomic E-state index is -3.54. The second-order valence-corrected chi connectivity index (χ2v) is 7.43. The second kappa shape index (κ2) is 5.81. The van der Waals surface area contributed by atoms with Crippen LogP contribution in [0.25, 0.3) is 0 Å². The molecule has 0 amide bonds. The topological polar surface area (TPSA) is 93.2 Å². The van der Waals surface area contributed by atoms with Crippen LogP contribution in [0.4, 0.5) is 0 Å². The number of benzene rings is 1. The molecule has 0 fully saturated rings. The third-order valence-electron chi connectivity index (χ3n) is 2.79. The van der Waals surface area contributed by atoms with E-state index in [-0.39, 0.29) is 12.4 Å². The molecule has 0 aliphatic heterocycles. The Morgan fingerprint density at radius 1 is 1.30 bits per heavy atom. The van der Waals surface area contributed by atoms with Crippen LogP contribution >= 0.6 is 0 Å². The molecule has 0 unspecified atom stereocenters. The van der Waals surface area contributed by atoms with Crippen LogP contribution < -0.4 is 9.88 Å². The molecule has 0 radical (unpaired) electrons. The molecule has 0 bridgehead atoms. The highest BCUT2D eigenvalue weighted by atomic mass is 32.2. The molecule has 0 heterocycles. The van der Waals surface area contributed by atoms with E-state index in [1.807, 2.05) is 13.8 Å². The van der Waals surface area contributed by atoms with E-state index >= 15 is 0 Å². The molecule has 0 saturated carbocycles.